The minimum atomic E-state index is -0.663. The quantitative estimate of drug-likeness (QED) is 0.836. The van der Waals surface area contributed by atoms with Crippen molar-refractivity contribution >= 4 is 12.0 Å². The first-order valence-electron chi connectivity index (χ1n) is 8.92. The Hall–Kier alpha value is -2.12. The molecular formula is C17H27N5O3. The van der Waals surface area contributed by atoms with Crippen molar-refractivity contribution in [1.29, 1.82) is 0 Å². The van der Waals surface area contributed by atoms with Crippen LogP contribution in [-0.2, 0) is 22.5 Å². The first kappa shape index (κ1) is 17.7. The highest BCUT2D eigenvalue weighted by Gasteiger charge is 2.48. The smallest absolute Gasteiger partial charge is 0.318 e. The summed E-state index contributed by atoms with van der Waals surface area (Å²) in [5, 5.41) is 11.5. The summed E-state index contributed by atoms with van der Waals surface area (Å²) in [5.74, 6) is 1.57. The molecule has 2 aliphatic heterocycles. The summed E-state index contributed by atoms with van der Waals surface area (Å²) < 4.78 is 7.03. The van der Waals surface area contributed by atoms with Crippen LogP contribution in [0.25, 0.3) is 0 Å². The van der Waals surface area contributed by atoms with Crippen molar-refractivity contribution < 1.29 is 14.3 Å². The fraction of sp³-hybridized carbons (Fsp3) is 0.765. The van der Waals surface area contributed by atoms with Crippen LogP contribution < -0.4 is 5.32 Å². The number of fused-ring (bicyclic) bond motifs is 1. The maximum atomic E-state index is 12.7. The molecule has 3 rings (SSSR count). The highest BCUT2D eigenvalue weighted by atomic mass is 16.5. The van der Waals surface area contributed by atoms with Crippen LogP contribution in [0.15, 0.2) is 0 Å². The van der Waals surface area contributed by atoms with Crippen molar-refractivity contribution in [2.75, 3.05) is 20.2 Å². The molecule has 1 aromatic rings. The molecule has 3 atom stereocenters. The van der Waals surface area contributed by atoms with Crippen LogP contribution in [0.4, 0.5) is 4.79 Å². The monoisotopic (exact) mass is 349 g/mol. The molecule has 0 aliphatic carbocycles. The number of carbonyl (C=O) groups excluding carboxylic acids is 2. The number of rotatable bonds is 3. The second kappa shape index (κ2) is 6.65. The van der Waals surface area contributed by atoms with Gasteiger partial charge >= 0.3 is 12.0 Å². The summed E-state index contributed by atoms with van der Waals surface area (Å²) in [6.45, 7) is 7.54. The summed E-state index contributed by atoms with van der Waals surface area (Å²) >= 11 is 0. The third-order valence-corrected chi connectivity index (χ3v) is 5.66. The summed E-state index contributed by atoms with van der Waals surface area (Å²) in [4.78, 5) is 26.4. The zero-order valence-electron chi connectivity index (χ0n) is 15.4. The van der Waals surface area contributed by atoms with Gasteiger partial charge in [-0.15, -0.1) is 10.2 Å². The Morgan fingerprint density at radius 2 is 2.12 bits per heavy atom. The maximum absolute atomic E-state index is 12.7. The lowest BCUT2D eigenvalue weighted by molar-refractivity contribution is -0.152. The Morgan fingerprint density at radius 1 is 1.36 bits per heavy atom. The van der Waals surface area contributed by atoms with Gasteiger partial charge in [0.2, 0.25) is 0 Å². The highest BCUT2D eigenvalue weighted by Crippen LogP contribution is 2.36. The van der Waals surface area contributed by atoms with Crippen molar-refractivity contribution in [3.05, 3.63) is 11.6 Å². The third-order valence-electron chi connectivity index (χ3n) is 5.66. The van der Waals surface area contributed by atoms with Gasteiger partial charge < -0.3 is 19.5 Å². The first-order valence-corrected chi connectivity index (χ1v) is 8.92. The minimum Gasteiger partial charge on any atom is -0.469 e. The van der Waals surface area contributed by atoms with E-state index in [-0.39, 0.29) is 24.0 Å². The SMILES string of the molecule is COC(=O)[C@]1(C)CN(C(=O)NC(C)c2nnc3n2CCCC3)C[C@H]1C. The van der Waals surface area contributed by atoms with Crippen LogP contribution in [0.3, 0.4) is 0 Å². The number of methoxy groups -OCH3 is 1. The Balaban J connectivity index is 1.67. The first-order chi connectivity index (χ1) is 11.9. The molecular weight excluding hydrogens is 322 g/mol. The number of likely N-dealkylation sites (tertiary alicyclic amines) is 1. The van der Waals surface area contributed by atoms with Gasteiger partial charge in [0, 0.05) is 26.1 Å². The van der Waals surface area contributed by atoms with Crippen molar-refractivity contribution in [2.24, 2.45) is 11.3 Å². The Bertz CT molecular complexity index is 673. The van der Waals surface area contributed by atoms with E-state index in [1.807, 2.05) is 20.8 Å². The summed E-state index contributed by atoms with van der Waals surface area (Å²) in [6.07, 6.45) is 3.19. The lowest BCUT2D eigenvalue weighted by Gasteiger charge is -2.25. The standard InChI is InChI=1S/C17H27N5O3/c1-11-9-21(10-17(11,3)15(23)25-4)16(24)18-12(2)14-20-19-13-7-5-6-8-22(13)14/h11-12H,5-10H2,1-4H3,(H,18,24)/t11-,12?,17-/m1/s1. The van der Waals surface area contributed by atoms with Gasteiger partial charge in [-0.1, -0.05) is 6.92 Å². The molecule has 2 amide bonds. The van der Waals surface area contributed by atoms with E-state index in [0.29, 0.717) is 13.1 Å². The molecule has 0 aromatic carbocycles. The van der Waals surface area contributed by atoms with Crippen LogP contribution in [-0.4, -0.2) is 51.9 Å². The van der Waals surface area contributed by atoms with Crippen molar-refractivity contribution in [2.45, 2.75) is 52.6 Å². The van der Waals surface area contributed by atoms with Gasteiger partial charge in [0.25, 0.3) is 0 Å². The zero-order chi connectivity index (χ0) is 18.2. The molecule has 1 aromatic heterocycles. The molecule has 138 valence electrons. The molecule has 25 heavy (non-hydrogen) atoms. The van der Waals surface area contributed by atoms with Gasteiger partial charge in [-0.3, -0.25) is 4.79 Å². The average molecular weight is 349 g/mol. The van der Waals surface area contributed by atoms with E-state index in [0.717, 1.165) is 37.5 Å². The number of carbonyl (C=O) groups is 2. The van der Waals surface area contributed by atoms with Gasteiger partial charge in [0.1, 0.15) is 5.82 Å². The fourth-order valence-electron chi connectivity index (χ4n) is 3.79. The number of aryl methyl sites for hydroxylation is 1. The van der Waals surface area contributed by atoms with Crippen LogP contribution in [0.5, 0.6) is 0 Å². The minimum absolute atomic E-state index is 0.0434. The van der Waals surface area contributed by atoms with Crippen LogP contribution >= 0.6 is 0 Å². The molecule has 0 saturated carbocycles. The Labute approximate surface area is 147 Å². The second-order valence-corrected chi connectivity index (χ2v) is 7.44. The number of nitrogens with zero attached hydrogens (tertiary/aromatic N) is 4. The fourth-order valence-corrected chi connectivity index (χ4v) is 3.79. The molecule has 1 unspecified atom stereocenters. The number of nitrogens with one attached hydrogen (secondary N) is 1. The van der Waals surface area contributed by atoms with E-state index in [4.69, 9.17) is 4.74 Å². The number of hydrogen-bond donors (Lipinski definition) is 1. The topological polar surface area (TPSA) is 89.3 Å². The Morgan fingerprint density at radius 3 is 2.84 bits per heavy atom. The van der Waals surface area contributed by atoms with Gasteiger partial charge in [0.05, 0.1) is 18.6 Å². The molecule has 3 heterocycles. The predicted octanol–water partition coefficient (Wildman–Crippen LogP) is 1.52. The maximum Gasteiger partial charge on any atom is 0.318 e. The lowest BCUT2D eigenvalue weighted by Crippen LogP contribution is -2.42. The van der Waals surface area contributed by atoms with Gasteiger partial charge in [-0.2, -0.15) is 0 Å². The molecule has 1 N–H and O–H groups in total. The molecule has 8 nitrogen and oxygen atoms in total. The molecule has 2 aliphatic rings. The lowest BCUT2D eigenvalue weighted by atomic mass is 9.81. The van der Waals surface area contributed by atoms with Crippen molar-refractivity contribution in [3.8, 4) is 0 Å². The van der Waals surface area contributed by atoms with Crippen LogP contribution in [0.2, 0.25) is 0 Å². The summed E-state index contributed by atoms with van der Waals surface area (Å²) in [7, 11) is 1.39. The molecule has 0 bridgehead atoms. The number of ether oxygens (including phenoxy) is 1. The van der Waals surface area contributed by atoms with E-state index >= 15 is 0 Å². The molecule has 0 radical (unpaired) electrons. The van der Waals surface area contributed by atoms with Crippen molar-refractivity contribution in [1.82, 2.24) is 25.0 Å². The molecule has 1 saturated heterocycles. The number of aromatic nitrogens is 3. The third kappa shape index (κ3) is 3.09. The van der Waals surface area contributed by atoms with E-state index in [1.165, 1.54) is 7.11 Å². The van der Waals surface area contributed by atoms with Crippen LogP contribution in [0.1, 0.15) is 51.3 Å². The van der Waals surface area contributed by atoms with Gasteiger partial charge in [0.15, 0.2) is 5.82 Å². The van der Waals surface area contributed by atoms with Gasteiger partial charge in [-0.25, -0.2) is 4.79 Å². The molecule has 8 heteroatoms. The summed E-state index contributed by atoms with van der Waals surface area (Å²) in [5.41, 5.74) is -0.663. The average Bonchev–Trinajstić information content (AvgIpc) is 3.16. The largest absolute Gasteiger partial charge is 0.469 e. The zero-order valence-corrected chi connectivity index (χ0v) is 15.4. The van der Waals surface area contributed by atoms with Crippen molar-refractivity contribution in [3.63, 3.8) is 0 Å². The second-order valence-electron chi connectivity index (χ2n) is 7.44. The van der Waals surface area contributed by atoms with E-state index in [2.05, 4.69) is 20.1 Å². The normalized spacial score (nSPS) is 26.9. The number of esters is 1. The number of hydrogen-bond acceptors (Lipinski definition) is 5. The van der Waals surface area contributed by atoms with E-state index in [1.54, 1.807) is 4.90 Å². The number of amides is 2. The molecule has 1 fully saturated rings. The van der Waals surface area contributed by atoms with Crippen LogP contribution in [0, 0.1) is 11.3 Å². The predicted molar refractivity (Wildman–Crippen MR) is 90.8 cm³/mol. The van der Waals surface area contributed by atoms with Gasteiger partial charge in [-0.05, 0) is 32.6 Å². The number of urea groups is 1. The highest BCUT2D eigenvalue weighted by molar-refractivity contribution is 5.81. The van der Waals surface area contributed by atoms with E-state index < -0.39 is 5.41 Å². The van der Waals surface area contributed by atoms with E-state index in [9.17, 15) is 9.59 Å². The Kier molecular flexibility index (Phi) is 4.71. The summed E-state index contributed by atoms with van der Waals surface area (Å²) in [6, 6.07) is -0.410. The molecule has 0 spiro atoms.